The highest BCUT2D eigenvalue weighted by atomic mass is 16.7. The van der Waals surface area contributed by atoms with Gasteiger partial charge in [-0.3, -0.25) is 29.3 Å². The fourth-order valence-electron chi connectivity index (χ4n) is 11.9. The number of methoxy groups -OCH3 is 3. The van der Waals surface area contributed by atoms with Crippen LogP contribution in [0.4, 0.5) is 10.5 Å². The Hall–Kier alpha value is -5.44. The molecule has 19 nitrogen and oxygen atoms in total. The molecule has 424 valence electrons. The molecule has 4 fully saturated rings. The number of aliphatic hydroxyl groups excluding tert-OH is 1. The number of hydrogen-bond donors (Lipinski definition) is 2. The molecule has 6 bridgehead atoms. The van der Waals surface area contributed by atoms with Crippen molar-refractivity contribution in [3.05, 3.63) is 82.0 Å². The zero-order valence-corrected chi connectivity index (χ0v) is 46.0. The van der Waals surface area contributed by atoms with E-state index in [1.165, 1.54) is 43.4 Å². The summed E-state index contributed by atoms with van der Waals surface area (Å²) >= 11 is 0. The van der Waals surface area contributed by atoms with Crippen molar-refractivity contribution < 1.29 is 77.1 Å². The summed E-state index contributed by atoms with van der Waals surface area (Å²) in [6, 6.07) is 3.76. The minimum atomic E-state index is -2.49. The van der Waals surface area contributed by atoms with Gasteiger partial charge in [0, 0.05) is 76.5 Å². The average molecular weight is 1080 g/mol. The number of ether oxygens (including phenoxy) is 7. The lowest BCUT2D eigenvalue weighted by atomic mass is 9.68. The van der Waals surface area contributed by atoms with Crippen LogP contribution in [0, 0.1) is 51.5 Å². The number of non-ortho nitro benzene ring substituents is 1. The van der Waals surface area contributed by atoms with E-state index in [1.807, 2.05) is 44.2 Å². The number of nitrogens with zero attached hydrogens (tertiary/aromatic N) is 2. The molecule has 4 aliphatic heterocycles. The topological polar surface area (TPSA) is 254 Å². The standard InChI is InChI=1S/C58H80N2O17/c1-33-14-11-10-12-15-34(2)47(71-7)31-42-23-19-38(6)58(68,77-42)54(64)55(65)59-27-13-16-43-44(29-39-20-26-46(49(30-39)72-8)76-57(67)74-41-24-21-40(22-25-41)60(69)70)48(75-56(66)50(43)59)32-45(61)36(4)28-37(5)52(63)53(73-9)51(62)35(3)18-17-33/h10-12,14-15,21-22,24-25,28,33,35-36,38-39,42-44,46-50,52-53,63,68H,13,16-20,23,26-27,29-32H2,1-9H3/b12-10+,14-11+,34-15?,37-28+/t33-,35-,36-,38-,39+,42?,43?,44+,46-,47+,48+,49-,50+,52-,53+,58?/m1/s1. The molecule has 0 radical (unpaired) electrons. The summed E-state index contributed by atoms with van der Waals surface area (Å²) in [6.07, 6.45) is 9.01. The Bertz CT molecular complexity index is 2400. The third kappa shape index (κ3) is 15.0. The third-order valence-electron chi connectivity index (χ3n) is 16.7. The van der Waals surface area contributed by atoms with Gasteiger partial charge in [-0.2, -0.15) is 0 Å². The third-order valence-corrected chi connectivity index (χ3v) is 16.7. The highest BCUT2D eigenvalue weighted by Gasteiger charge is 2.57. The summed E-state index contributed by atoms with van der Waals surface area (Å²) in [7, 11) is 4.42. The molecule has 5 aliphatic rings. The Morgan fingerprint density at radius 2 is 1.58 bits per heavy atom. The molecular formula is C58H80N2O17. The zero-order chi connectivity index (χ0) is 56.3. The molecule has 1 aliphatic carbocycles. The number of piperidine rings is 1. The first-order valence-electron chi connectivity index (χ1n) is 27.2. The first kappa shape index (κ1) is 60.8. The van der Waals surface area contributed by atoms with E-state index in [0.29, 0.717) is 69.8 Å². The van der Waals surface area contributed by atoms with Gasteiger partial charge >= 0.3 is 12.1 Å². The van der Waals surface area contributed by atoms with Gasteiger partial charge in [0.05, 0.1) is 23.2 Å². The van der Waals surface area contributed by atoms with Crippen molar-refractivity contribution in [1.29, 1.82) is 0 Å². The summed E-state index contributed by atoms with van der Waals surface area (Å²) in [5.74, 6) is -9.12. The van der Waals surface area contributed by atoms with Crippen LogP contribution in [-0.2, 0) is 52.4 Å². The smallest absolute Gasteiger partial charge is 0.460 e. The number of allylic oxidation sites excluding steroid dienone is 6. The second-order valence-electron chi connectivity index (χ2n) is 22.1. The van der Waals surface area contributed by atoms with Gasteiger partial charge in [-0.25, -0.2) is 9.59 Å². The van der Waals surface area contributed by atoms with Crippen molar-refractivity contribution in [2.75, 3.05) is 27.9 Å². The lowest BCUT2D eigenvalue weighted by Crippen LogP contribution is -2.65. The van der Waals surface area contributed by atoms with Crippen LogP contribution in [0.2, 0.25) is 0 Å². The van der Waals surface area contributed by atoms with Crippen LogP contribution in [0.15, 0.2) is 71.9 Å². The molecule has 1 aromatic rings. The number of fused-ring (bicyclic) bond motifs is 3. The van der Waals surface area contributed by atoms with Crippen LogP contribution in [-0.4, -0.2) is 138 Å². The Morgan fingerprint density at radius 3 is 2.26 bits per heavy atom. The minimum Gasteiger partial charge on any atom is -0.460 e. The quantitative estimate of drug-likeness (QED) is 0.0626. The highest BCUT2D eigenvalue weighted by Crippen LogP contribution is 2.46. The van der Waals surface area contributed by atoms with Gasteiger partial charge in [0.1, 0.15) is 42.0 Å². The van der Waals surface area contributed by atoms with Crippen LogP contribution in [0.25, 0.3) is 0 Å². The maximum Gasteiger partial charge on any atom is 0.514 e. The van der Waals surface area contributed by atoms with Gasteiger partial charge in [-0.05, 0) is 119 Å². The first-order valence-corrected chi connectivity index (χ1v) is 27.2. The van der Waals surface area contributed by atoms with Gasteiger partial charge in [-0.15, -0.1) is 0 Å². The van der Waals surface area contributed by atoms with Crippen LogP contribution < -0.4 is 4.74 Å². The maximum absolute atomic E-state index is 14.6. The Labute approximate surface area is 451 Å². The average Bonchev–Trinajstić information content (AvgIpc) is 3.43. The molecule has 1 aromatic carbocycles. The second kappa shape index (κ2) is 27.4. The lowest BCUT2D eigenvalue weighted by Gasteiger charge is -2.50. The van der Waals surface area contributed by atoms with Crippen molar-refractivity contribution in [3.63, 3.8) is 0 Å². The monoisotopic (exact) mass is 1080 g/mol. The molecule has 4 heterocycles. The van der Waals surface area contributed by atoms with E-state index in [4.69, 9.17) is 33.2 Å². The molecular weight excluding hydrogens is 997 g/mol. The largest absolute Gasteiger partial charge is 0.514 e. The summed E-state index contributed by atoms with van der Waals surface area (Å²) in [4.78, 5) is 96.5. The summed E-state index contributed by atoms with van der Waals surface area (Å²) < 4.78 is 40.8. The number of rotatable bonds is 8. The van der Waals surface area contributed by atoms with Crippen LogP contribution >= 0.6 is 0 Å². The van der Waals surface area contributed by atoms with Gasteiger partial charge in [0.15, 0.2) is 5.78 Å². The maximum atomic E-state index is 14.6. The van der Waals surface area contributed by atoms with Crippen molar-refractivity contribution in [3.8, 4) is 5.75 Å². The van der Waals surface area contributed by atoms with E-state index in [1.54, 1.807) is 34.0 Å². The normalized spacial score (nSPS) is 37.1. The predicted octanol–water partition coefficient (Wildman–Crippen LogP) is 7.92. The Kier molecular flexibility index (Phi) is 21.7. The molecule has 19 heteroatoms. The molecule has 1 amide bonds. The van der Waals surface area contributed by atoms with E-state index in [2.05, 4.69) is 6.92 Å². The van der Waals surface area contributed by atoms with Gasteiger partial charge < -0.3 is 48.3 Å². The summed E-state index contributed by atoms with van der Waals surface area (Å²) in [5.41, 5.74) is 1.05. The SMILES string of the molecule is CO[C@H]1CC2CC[C@@H](C)C(O)(O2)C(=O)C(=O)N2CCCC3[C@H]2C(=O)O[C@@H](CC(=O)[C@H](C)/C=C(\C)[C@@H](O)[C@@H](OC)C(=O)[C@H](C)CC[C@H](C)/C=C/C=C/C=C1C)[C@H]3C[C@@H]1CC[C@@H](OC(=O)Oc2ccc([N+](=O)[O-])cc2)[C@H](OC)C1. The minimum absolute atomic E-state index is 0.0275. The van der Waals surface area contributed by atoms with E-state index in [0.717, 1.165) is 5.57 Å². The molecule has 16 atom stereocenters. The van der Waals surface area contributed by atoms with E-state index in [-0.39, 0.29) is 54.2 Å². The molecule has 1 saturated carbocycles. The molecule has 6 rings (SSSR count). The Balaban J connectivity index is 1.29. The van der Waals surface area contributed by atoms with Gasteiger partial charge in [0.2, 0.25) is 5.79 Å². The number of benzene rings is 1. The van der Waals surface area contributed by atoms with E-state index >= 15 is 0 Å². The number of hydrogen-bond acceptors (Lipinski definition) is 17. The number of carbonyl (C=O) groups excluding carboxylic acids is 6. The number of aliphatic hydroxyl groups is 2. The van der Waals surface area contributed by atoms with Crippen LogP contribution in [0.1, 0.15) is 119 Å². The van der Waals surface area contributed by atoms with Crippen LogP contribution in [0.3, 0.4) is 0 Å². The molecule has 2 N–H and O–H groups in total. The molecule has 0 spiro atoms. The molecule has 77 heavy (non-hydrogen) atoms. The first-order chi connectivity index (χ1) is 36.6. The van der Waals surface area contributed by atoms with Crippen molar-refractivity contribution >= 4 is 41.1 Å². The summed E-state index contributed by atoms with van der Waals surface area (Å²) in [6.45, 7) is 10.8. The molecule has 3 saturated heterocycles. The fourth-order valence-corrected chi connectivity index (χ4v) is 11.9. The van der Waals surface area contributed by atoms with Gasteiger partial charge in [0.25, 0.3) is 17.4 Å². The van der Waals surface area contributed by atoms with Crippen molar-refractivity contribution in [2.45, 2.75) is 173 Å². The van der Waals surface area contributed by atoms with E-state index < -0.39 is 113 Å². The van der Waals surface area contributed by atoms with E-state index in [9.17, 15) is 49.1 Å². The number of esters is 1. The lowest BCUT2D eigenvalue weighted by molar-refractivity contribution is -0.384. The number of Topliss-reactive ketones (excluding diaryl/α,β-unsaturated/α-hetero) is 3. The molecule has 3 unspecified atom stereocenters. The number of ketones is 3. The summed E-state index contributed by atoms with van der Waals surface area (Å²) in [5, 5.41) is 34.8. The van der Waals surface area contributed by atoms with Crippen LogP contribution in [0.5, 0.6) is 5.75 Å². The second-order valence-corrected chi connectivity index (χ2v) is 22.1. The molecule has 0 aromatic heterocycles. The number of amides is 1. The number of nitro benzene ring substituents is 1. The van der Waals surface area contributed by atoms with Gasteiger partial charge in [-0.1, -0.05) is 64.2 Å². The predicted molar refractivity (Wildman–Crippen MR) is 281 cm³/mol. The highest BCUT2D eigenvalue weighted by molar-refractivity contribution is 6.39. The Morgan fingerprint density at radius 1 is 0.857 bits per heavy atom. The fraction of sp³-hybridized carbons (Fsp3) is 0.655. The van der Waals surface area contributed by atoms with Crippen molar-refractivity contribution in [1.82, 2.24) is 4.90 Å². The zero-order valence-electron chi connectivity index (χ0n) is 46.0. The number of nitro groups is 1. The number of carbonyl (C=O) groups is 6. The van der Waals surface area contributed by atoms with Crippen molar-refractivity contribution in [2.24, 2.45) is 41.4 Å².